The summed E-state index contributed by atoms with van der Waals surface area (Å²) in [5, 5.41) is 5.28. The molecule has 2 heterocycles. The number of hydrogen-bond donors (Lipinski definition) is 0. The second-order valence-corrected chi connectivity index (χ2v) is 8.55. The maximum Gasteiger partial charge on any atom is 0.260 e. The van der Waals surface area contributed by atoms with Crippen LogP contribution in [-0.4, -0.2) is 34.5 Å². The minimum atomic E-state index is -3.55. The summed E-state index contributed by atoms with van der Waals surface area (Å²) in [6.07, 6.45) is 5.15. The van der Waals surface area contributed by atoms with Crippen LogP contribution in [0, 0.1) is 0 Å². The van der Waals surface area contributed by atoms with E-state index in [2.05, 4.69) is 17.0 Å². The Kier molecular flexibility index (Phi) is 4.09. The van der Waals surface area contributed by atoms with Crippen LogP contribution < -0.4 is 0 Å². The van der Waals surface area contributed by atoms with E-state index in [0.29, 0.717) is 0 Å². The topological polar surface area (TPSA) is 68.1 Å². The number of thiazole rings is 1. The molecule has 1 aliphatic rings. The zero-order valence-electron chi connectivity index (χ0n) is 13.0. The average Bonchev–Trinajstić information content (AvgIpc) is 3.11. The zero-order chi connectivity index (χ0) is 15.9. The van der Waals surface area contributed by atoms with Crippen LogP contribution in [0.25, 0.3) is 0 Å². The lowest BCUT2D eigenvalue weighted by atomic mass is 9.98. The van der Waals surface area contributed by atoms with Crippen LogP contribution in [0.4, 0.5) is 0 Å². The molecule has 0 spiro atoms. The third kappa shape index (κ3) is 2.49. The smallest absolute Gasteiger partial charge is 0.256 e. The minimum absolute atomic E-state index is 0.124. The number of nitrogens with zero attached hydrogens (tertiary/aromatic N) is 4. The van der Waals surface area contributed by atoms with Gasteiger partial charge in [-0.25, -0.2) is 13.4 Å². The third-order valence-corrected chi connectivity index (χ3v) is 7.41. The second kappa shape index (κ2) is 5.75. The van der Waals surface area contributed by atoms with Crippen LogP contribution in [0.2, 0.25) is 0 Å². The highest BCUT2D eigenvalue weighted by molar-refractivity contribution is 7.89. The molecule has 3 rings (SSSR count). The first-order valence-corrected chi connectivity index (χ1v) is 9.65. The normalized spacial score (nSPS) is 18.6. The maximum atomic E-state index is 12.8. The Morgan fingerprint density at radius 3 is 2.91 bits per heavy atom. The Hall–Kier alpha value is -1.25. The first-order chi connectivity index (χ1) is 10.4. The van der Waals surface area contributed by atoms with E-state index in [-0.39, 0.29) is 11.1 Å². The number of fused-ring (bicyclic) bond motifs is 1. The van der Waals surface area contributed by atoms with Gasteiger partial charge in [-0.05, 0) is 31.7 Å². The van der Waals surface area contributed by atoms with Crippen molar-refractivity contribution >= 4 is 21.4 Å². The van der Waals surface area contributed by atoms with E-state index < -0.39 is 10.0 Å². The van der Waals surface area contributed by atoms with Gasteiger partial charge in [0.2, 0.25) is 0 Å². The summed E-state index contributed by atoms with van der Waals surface area (Å²) in [6, 6.07) is 1.42. The van der Waals surface area contributed by atoms with Crippen molar-refractivity contribution < 1.29 is 8.42 Å². The molecule has 1 atom stereocenters. The van der Waals surface area contributed by atoms with E-state index >= 15 is 0 Å². The highest BCUT2D eigenvalue weighted by atomic mass is 32.2. The van der Waals surface area contributed by atoms with E-state index in [4.69, 9.17) is 0 Å². The molecule has 0 bridgehead atoms. The van der Waals surface area contributed by atoms with Crippen molar-refractivity contribution in [1.82, 2.24) is 19.1 Å². The maximum absolute atomic E-state index is 12.8. The fourth-order valence-corrected chi connectivity index (χ4v) is 5.63. The summed E-state index contributed by atoms with van der Waals surface area (Å²) in [5.74, 6) is 0. The van der Waals surface area contributed by atoms with Crippen molar-refractivity contribution in [3.63, 3.8) is 0 Å². The van der Waals surface area contributed by atoms with Crippen molar-refractivity contribution in [3.8, 4) is 0 Å². The number of hydrogen-bond acceptors (Lipinski definition) is 5. The molecule has 0 unspecified atom stereocenters. The Bertz CT molecular complexity index is 779. The molecule has 2 aromatic rings. The molecule has 0 N–H and O–H groups in total. The lowest BCUT2D eigenvalue weighted by molar-refractivity contribution is 0.338. The van der Waals surface area contributed by atoms with E-state index in [0.717, 1.165) is 41.3 Å². The monoisotopic (exact) mass is 340 g/mol. The number of rotatable bonds is 4. The quantitative estimate of drug-likeness (QED) is 0.855. The van der Waals surface area contributed by atoms with Crippen molar-refractivity contribution in [2.75, 3.05) is 7.05 Å². The van der Waals surface area contributed by atoms with Crippen molar-refractivity contribution in [2.45, 2.75) is 43.7 Å². The Labute approximate surface area is 134 Å². The van der Waals surface area contributed by atoms with E-state index in [1.54, 1.807) is 31.5 Å². The number of aryl methyl sites for hydroxylation is 3. The van der Waals surface area contributed by atoms with Crippen LogP contribution in [-0.2, 0) is 29.9 Å². The Balaban J connectivity index is 1.99. The van der Waals surface area contributed by atoms with E-state index in [9.17, 15) is 8.42 Å². The molecule has 2 aromatic heterocycles. The molecule has 6 nitrogen and oxygen atoms in total. The van der Waals surface area contributed by atoms with Crippen LogP contribution in [0.5, 0.6) is 0 Å². The summed E-state index contributed by atoms with van der Waals surface area (Å²) in [7, 11) is -0.246. The van der Waals surface area contributed by atoms with E-state index in [1.165, 1.54) is 15.2 Å². The molecule has 0 aromatic carbocycles. The lowest BCUT2D eigenvalue weighted by Crippen LogP contribution is -2.33. The first-order valence-electron chi connectivity index (χ1n) is 7.39. The van der Waals surface area contributed by atoms with Gasteiger partial charge in [-0.3, -0.25) is 4.68 Å². The van der Waals surface area contributed by atoms with Crippen molar-refractivity contribution in [2.24, 2.45) is 7.05 Å². The van der Waals surface area contributed by atoms with Gasteiger partial charge in [0.25, 0.3) is 10.0 Å². The Morgan fingerprint density at radius 2 is 2.27 bits per heavy atom. The summed E-state index contributed by atoms with van der Waals surface area (Å²) in [4.78, 5) is 5.75. The van der Waals surface area contributed by atoms with Crippen LogP contribution in [0.15, 0.2) is 17.3 Å². The van der Waals surface area contributed by atoms with Gasteiger partial charge in [0, 0.05) is 19.0 Å². The molecule has 0 saturated heterocycles. The minimum Gasteiger partial charge on any atom is -0.256 e. The molecule has 1 aliphatic carbocycles. The number of sulfonamides is 1. The summed E-state index contributed by atoms with van der Waals surface area (Å²) in [5.41, 5.74) is 1.07. The van der Waals surface area contributed by atoms with Gasteiger partial charge in [0.1, 0.15) is 0 Å². The number of aromatic nitrogens is 3. The van der Waals surface area contributed by atoms with Gasteiger partial charge < -0.3 is 0 Å². The molecule has 8 heteroatoms. The van der Waals surface area contributed by atoms with Gasteiger partial charge in [-0.2, -0.15) is 9.40 Å². The van der Waals surface area contributed by atoms with Crippen LogP contribution in [0.3, 0.4) is 0 Å². The molecule has 0 amide bonds. The van der Waals surface area contributed by atoms with E-state index in [1.807, 2.05) is 0 Å². The average molecular weight is 340 g/mol. The molecule has 0 fully saturated rings. The van der Waals surface area contributed by atoms with Gasteiger partial charge in [-0.15, -0.1) is 11.3 Å². The van der Waals surface area contributed by atoms with Gasteiger partial charge in [-0.1, -0.05) is 6.92 Å². The van der Waals surface area contributed by atoms with Crippen LogP contribution >= 0.6 is 11.3 Å². The summed E-state index contributed by atoms with van der Waals surface area (Å²) >= 11 is 1.65. The molecule has 0 saturated carbocycles. The van der Waals surface area contributed by atoms with Crippen LogP contribution in [0.1, 0.15) is 41.4 Å². The fourth-order valence-electron chi connectivity index (χ4n) is 2.88. The second-order valence-electron chi connectivity index (χ2n) is 5.49. The highest BCUT2D eigenvalue weighted by Crippen LogP contribution is 2.39. The predicted molar refractivity (Wildman–Crippen MR) is 85.3 cm³/mol. The molecule has 0 radical (unpaired) electrons. The van der Waals surface area contributed by atoms with Gasteiger partial charge >= 0.3 is 0 Å². The Morgan fingerprint density at radius 1 is 1.50 bits per heavy atom. The zero-order valence-corrected chi connectivity index (χ0v) is 14.6. The fraction of sp³-hybridized carbons (Fsp3) is 0.571. The lowest BCUT2D eigenvalue weighted by Gasteiger charge is -2.29. The third-order valence-electron chi connectivity index (χ3n) is 4.13. The first kappa shape index (κ1) is 15.6. The highest BCUT2D eigenvalue weighted by Gasteiger charge is 2.35. The molecule has 120 valence electrons. The van der Waals surface area contributed by atoms with Gasteiger partial charge in [0.15, 0.2) is 5.03 Å². The molecular formula is C14H20N4O2S2. The summed E-state index contributed by atoms with van der Waals surface area (Å²) < 4.78 is 28.6. The largest absolute Gasteiger partial charge is 0.260 e. The molecule has 0 aliphatic heterocycles. The molecule has 22 heavy (non-hydrogen) atoms. The van der Waals surface area contributed by atoms with Crippen molar-refractivity contribution in [3.05, 3.63) is 27.8 Å². The summed E-state index contributed by atoms with van der Waals surface area (Å²) in [6.45, 7) is 2.08. The van der Waals surface area contributed by atoms with Gasteiger partial charge in [0.05, 0.1) is 22.9 Å². The SMILES string of the molecule is CCc1nc2c(s1)[C@H](N(C)S(=O)(=O)c1ccnn1C)CCC2. The standard InChI is InChI=1S/C14H20N4O2S2/c1-4-12-16-10-6-5-7-11(14(10)21-12)18(3)22(19,20)13-8-9-15-17(13)2/h8-9,11H,4-7H2,1-3H3/t11-/m1/s1. The molecular weight excluding hydrogens is 320 g/mol. The predicted octanol–water partition coefficient (Wildman–Crippen LogP) is 2.14. The van der Waals surface area contributed by atoms with Crippen molar-refractivity contribution in [1.29, 1.82) is 0 Å².